The van der Waals surface area contributed by atoms with E-state index in [0.29, 0.717) is 0 Å². The second-order valence-corrected chi connectivity index (χ2v) is 6.36. The Balaban J connectivity index is 1.97. The van der Waals surface area contributed by atoms with Crippen molar-refractivity contribution in [3.05, 3.63) is 68.3 Å². The average molecular weight is 401 g/mol. The second kappa shape index (κ2) is 7.98. The van der Waals surface area contributed by atoms with Gasteiger partial charge in [0.25, 0.3) is 0 Å². The molecule has 2 aromatic rings. The van der Waals surface area contributed by atoms with Crippen LogP contribution < -0.4 is 11.3 Å². The summed E-state index contributed by atoms with van der Waals surface area (Å²) in [5.41, 5.74) is 5.45. The van der Waals surface area contributed by atoms with E-state index in [2.05, 4.69) is 52.3 Å². The zero-order chi connectivity index (χ0) is 14.4. The van der Waals surface area contributed by atoms with Crippen LogP contribution in [0.3, 0.4) is 0 Å². The first-order valence-electron chi connectivity index (χ1n) is 6.65. The maximum absolute atomic E-state index is 6.08. The third-order valence-electron chi connectivity index (χ3n) is 3.34. The molecule has 0 saturated heterocycles. The quantitative estimate of drug-likeness (QED) is 0.426. The normalized spacial score (nSPS) is 12.3. The molecule has 0 saturated carbocycles. The topological polar surface area (TPSA) is 38.0 Å². The maximum Gasteiger partial charge on any atom is 0.0471 e. The molecule has 0 radical (unpaired) electrons. The van der Waals surface area contributed by atoms with E-state index < -0.39 is 0 Å². The fourth-order valence-electron chi connectivity index (χ4n) is 2.27. The van der Waals surface area contributed by atoms with Crippen LogP contribution in [0.25, 0.3) is 0 Å². The molecule has 0 amide bonds. The Morgan fingerprint density at radius 3 is 2.60 bits per heavy atom. The zero-order valence-corrected chi connectivity index (χ0v) is 14.1. The Morgan fingerprint density at radius 1 is 1.15 bits per heavy atom. The molecule has 20 heavy (non-hydrogen) atoms. The number of hydrazine groups is 1. The van der Waals surface area contributed by atoms with Crippen LogP contribution in [0.4, 0.5) is 0 Å². The largest absolute Gasteiger partial charge is 0.271 e. The molecule has 2 rings (SSSR count). The van der Waals surface area contributed by atoms with Gasteiger partial charge in [0.05, 0.1) is 0 Å². The van der Waals surface area contributed by atoms with Crippen LogP contribution in [0, 0.1) is 3.57 Å². The number of halogens is 2. The van der Waals surface area contributed by atoms with Crippen molar-refractivity contribution in [3.63, 3.8) is 0 Å². The van der Waals surface area contributed by atoms with Gasteiger partial charge in [-0.05, 0) is 71.2 Å². The molecule has 0 heterocycles. The summed E-state index contributed by atoms with van der Waals surface area (Å²) in [5.74, 6) is 5.71. The molecule has 0 spiro atoms. The van der Waals surface area contributed by atoms with Crippen LogP contribution in [-0.4, -0.2) is 0 Å². The number of nitrogens with two attached hydrogens (primary N) is 1. The monoisotopic (exact) mass is 400 g/mol. The van der Waals surface area contributed by atoms with E-state index in [1.807, 2.05) is 24.3 Å². The molecule has 1 unspecified atom stereocenters. The minimum absolute atomic E-state index is 0.143. The second-order valence-electron chi connectivity index (χ2n) is 4.76. The van der Waals surface area contributed by atoms with Crippen LogP contribution in [0.5, 0.6) is 0 Å². The van der Waals surface area contributed by atoms with E-state index in [1.165, 1.54) is 14.7 Å². The van der Waals surface area contributed by atoms with Crippen LogP contribution in [-0.2, 0) is 6.42 Å². The molecule has 0 bridgehead atoms. The van der Waals surface area contributed by atoms with Gasteiger partial charge in [0.1, 0.15) is 0 Å². The lowest BCUT2D eigenvalue weighted by Gasteiger charge is -2.18. The van der Waals surface area contributed by atoms with Gasteiger partial charge < -0.3 is 0 Å². The lowest BCUT2D eigenvalue weighted by atomic mass is 9.99. The van der Waals surface area contributed by atoms with Crippen LogP contribution in [0.1, 0.15) is 30.0 Å². The Hall–Kier alpha value is -0.620. The first-order valence-corrected chi connectivity index (χ1v) is 8.11. The van der Waals surface area contributed by atoms with Gasteiger partial charge in [-0.15, -0.1) is 0 Å². The molecular formula is C16H18ClIN2. The first kappa shape index (κ1) is 15.8. The zero-order valence-electron chi connectivity index (χ0n) is 11.2. The standard InChI is InChI=1S/C16H18ClIN2/c17-13-9-10-15(18)14(11-13)16(20-19)8-4-7-12-5-2-1-3-6-12/h1-3,5-6,9-11,16,20H,4,7-8,19H2. The summed E-state index contributed by atoms with van der Waals surface area (Å²) in [6.45, 7) is 0. The highest BCUT2D eigenvalue weighted by atomic mass is 127. The molecule has 1 atom stereocenters. The van der Waals surface area contributed by atoms with Crippen molar-refractivity contribution in [1.29, 1.82) is 0 Å². The van der Waals surface area contributed by atoms with Gasteiger partial charge in [-0.3, -0.25) is 11.3 Å². The van der Waals surface area contributed by atoms with E-state index in [0.717, 1.165) is 24.3 Å². The molecule has 0 aliphatic rings. The summed E-state index contributed by atoms with van der Waals surface area (Å²) < 4.78 is 1.19. The first-order chi connectivity index (χ1) is 9.70. The van der Waals surface area contributed by atoms with Crippen molar-refractivity contribution >= 4 is 34.2 Å². The molecule has 0 fully saturated rings. The number of aryl methyl sites for hydroxylation is 1. The highest BCUT2D eigenvalue weighted by Gasteiger charge is 2.13. The fraction of sp³-hybridized carbons (Fsp3) is 0.250. The van der Waals surface area contributed by atoms with Gasteiger partial charge in [-0.25, -0.2) is 0 Å². The van der Waals surface area contributed by atoms with Gasteiger partial charge in [0.15, 0.2) is 0 Å². The predicted molar refractivity (Wildman–Crippen MR) is 93.6 cm³/mol. The van der Waals surface area contributed by atoms with Crippen molar-refractivity contribution in [3.8, 4) is 0 Å². The molecule has 4 heteroatoms. The Labute approximate surface area is 138 Å². The van der Waals surface area contributed by atoms with E-state index in [9.17, 15) is 0 Å². The van der Waals surface area contributed by atoms with Crippen LogP contribution in [0.15, 0.2) is 48.5 Å². The van der Waals surface area contributed by atoms with Crippen molar-refractivity contribution in [1.82, 2.24) is 5.43 Å². The fourth-order valence-corrected chi connectivity index (χ4v) is 3.16. The van der Waals surface area contributed by atoms with Gasteiger partial charge in [0, 0.05) is 14.6 Å². The number of hydrogen-bond acceptors (Lipinski definition) is 2. The summed E-state index contributed by atoms with van der Waals surface area (Å²) in [4.78, 5) is 0. The summed E-state index contributed by atoms with van der Waals surface area (Å²) in [5, 5.41) is 0.753. The third-order valence-corrected chi connectivity index (χ3v) is 4.55. The highest BCUT2D eigenvalue weighted by molar-refractivity contribution is 14.1. The predicted octanol–water partition coefficient (Wildman–Crippen LogP) is 4.47. The Bertz CT molecular complexity index is 545. The molecule has 106 valence electrons. The lowest BCUT2D eigenvalue weighted by Crippen LogP contribution is -2.28. The Kier molecular flexibility index (Phi) is 6.29. The van der Waals surface area contributed by atoms with E-state index in [4.69, 9.17) is 17.4 Å². The van der Waals surface area contributed by atoms with Crippen molar-refractivity contribution in [2.24, 2.45) is 5.84 Å². The van der Waals surface area contributed by atoms with Crippen LogP contribution >= 0.6 is 34.2 Å². The van der Waals surface area contributed by atoms with Crippen molar-refractivity contribution in [2.75, 3.05) is 0 Å². The lowest BCUT2D eigenvalue weighted by molar-refractivity contribution is 0.497. The number of hydrogen-bond donors (Lipinski definition) is 2. The van der Waals surface area contributed by atoms with Gasteiger partial charge in [-0.2, -0.15) is 0 Å². The van der Waals surface area contributed by atoms with Gasteiger partial charge in [0.2, 0.25) is 0 Å². The smallest absolute Gasteiger partial charge is 0.0471 e. The molecule has 0 aromatic heterocycles. The summed E-state index contributed by atoms with van der Waals surface area (Å²) in [6.07, 6.45) is 3.14. The molecule has 2 aromatic carbocycles. The van der Waals surface area contributed by atoms with Gasteiger partial charge in [-0.1, -0.05) is 41.9 Å². The van der Waals surface area contributed by atoms with E-state index >= 15 is 0 Å². The third kappa shape index (κ3) is 4.45. The van der Waals surface area contributed by atoms with Crippen molar-refractivity contribution in [2.45, 2.75) is 25.3 Å². The SMILES string of the molecule is NNC(CCCc1ccccc1)c1cc(Cl)ccc1I. The molecular weight excluding hydrogens is 383 g/mol. The van der Waals surface area contributed by atoms with Gasteiger partial charge >= 0.3 is 0 Å². The molecule has 3 N–H and O–H groups in total. The number of benzene rings is 2. The summed E-state index contributed by atoms with van der Waals surface area (Å²) >= 11 is 8.40. The molecule has 2 nitrogen and oxygen atoms in total. The van der Waals surface area contributed by atoms with Crippen LogP contribution in [0.2, 0.25) is 5.02 Å². The minimum atomic E-state index is 0.143. The van der Waals surface area contributed by atoms with E-state index in [1.54, 1.807) is 0 Å². The Morgan fingerprint density at radius 2 is 1.90 bits per heavy atom. The van der Waals surface area contributed by atoms with E-state index in [-0.39, 0.29) is 6.04 Å². The maximum atomic E-state index is 6.08. The number of rotatable bonds is 6. The minimum Gasteiger partial charge on any atom is -0.271 e. The van der Waals surface area contributed by atoms with Crippen molar-refractivity contribution < 1.29 is 0 Å². The summed E-state index contributed by atoms with van der Waals surface area (Å²) in [6, 6.07) is 16.6. The molecule has 0 aliphatic carbocycles. The highest BCUT2D eigenvalue weighted by Crippen LogP contribution is 2.26. The summed E-state index contributed by atoms with van der Waals surface area (Å²) in [7, 11) is 0. The average Bonchev–Trinajstić information content (AvgIpc) is 2.48. The molecule has 0 aliphatic heterocycles. The number of nitrogens with one attached hydrogen (secondary N) is 1.